The molecule has 0 aliphatic carbocycles. The average Bonchev–Trinajstić information content (AvgIpc) is 3.20. The van der Waals surface area contributed by atoms with E-state index in [-0.39, 0.29) is 23.9 Å². The summed E-state index contributed by atoms with van der Waals surface area (Å²) in [6, 6.07) is 24.0. The van der Waals surface area contributed by atoms with Gasteiger partial charge in [0.1, 0.15) is 17.5 Å². The summed E-state index contributed by atoms with van der Waals surface area (Å²) in [5.41, 5.74) is 2.38. The number of para-hydroxylation sites is 3. The molecular formula is C24H21N3O3. The molecule has 5 rings (SSSR count). The van der Waals surface area contributed by atoms with E-state index < -0.39 is 0 Å². The lowest BCUT2D eigenvalue weighted by molar-refractivity contribution is -0.117. The number of nitrogens with zero attached hydrogens (tertiary/aromatic N) is 1. The van der Waals surface area contributed by atoms with Crippen LogP contribution in [0.15, 0.2) is 78.9 Å². The molecule has 2 atom stereocenters. The number of rotatable bonds is 4. The van der Waals surface area contributed by atoms with Gasteiger partial charge in [-0.2, -0.15) is 0 Å². The van der Waals surface area contributed by atoms with E-state index in [4.69, 9.17) is 4.74 Å². The van der Waals surface area contributed by atoms with Gasteiger partial charge in [-0.25, -0.2) is 0 Å². The summed E-state index contributed by atoms with van der Waals surface area (Å²) in [6.07, 6.45) is 0.584. The standard InChI is InChI=1S/C24H21N3O3/c28-23(16-10-12-19(13-11-16)30-18-6-2-1-3-7-18)25-17-14-22-24(29)26-20-8-4-5-9-21(20)27(22)15-17/h1-13,17,22H,14-15H2,(H,25,28)(H,26,29). The lowest BCUT2D eigenvalue weighted by Gasteiger charge is -2.32. The lowest BCUT2D eigenvalue weighted by atomic mass is 10.1. The molecule has 0 radical (unpaired) electrons. The Bertz CT molecular complexity index is 1080. The largest absolute Gasteiger partial charge is 0.457 e. The molecule has 2 N–H and O–H groups in total. The first-order valence-electron chi connectivity index (χ1n) is 9.98. The fourth-order valence-corrected chi connectivity index (χ4v) is 4.07. The van der Waals surface area contributed by atoms with Crippen molar-refractivity contribution in [3.8, 4) is 11.5 Å². The van der Waals surface area contributed by atoms with Crippen molar-refractivity contribution in [2.24, 2.45) is 0 Å². The molecule has 3 aromatic carbocycles. The first-order valence-corrected chi connectivity index (χ1v) is 9.98. The first kappa shape index (κ1) is 18.2. The van der Waals surface area contributed by atoms with Crippen LogP contribution in [0.5, 0.6) is 11.5 Å². The molecule has 2 aliphatic heterocycles. The number of anilines is 2. The minimum atomic E-state index is -0.258. The summed E-state index contributed by atoms with van der Waals surface area (Å²) < 4.78 is 5.77. The first-order chi connectivity index (χ1) is 14.7. The van der Waals surface area contributed by atoms with Gasteiger partial charge in [-0.1, -0.05) is 30.3 Å². The molecule has 30 heavy (non-hydrogen) atoms. The molecule has 2 amide bonds. The fourth-order valence-electron chi connectivity index (χ4n) is 4.07. The molecule has 2 heterocycles. The molecular weight excluding hydrogens is 378 g/mol. The van der Waals surface area contributed by atoms with E-state index in [0.717, 1.165) is 17.1 Å². The highest BCUT2D eigenvalue weighted by molar-refractivity contribution is 6.04. The van der Waals surface area contributed by atoms with Crippen LogP contribution in [0.2, 0.25) is 0 Å². The number of hydrogen-bond donors (Lipinski definition) is 2. The lowest BCUT2D eigenvalue weighted by Crippen LogP contribution is -2.44. The molecule has 0 saturated carbocycles. The predicted octanol–water partition coefficient (Wildman–Crippen LogP) is 3.81. The smallest absolute Gasteiger partial charge is 0.251 e. The summed E-state index contributed by atoms with van der Waals surface area (Å²) in [5.74, 6) is 1.24. The van der Waals surface area contributed by atoms with Crippen LogP contribution < -0.4 is 20.3 Å². The fraction of sp³-hybridized carbons (Fsp3) is 0.167. The number of carbonyl (C=O) groups is 2. The van der Waals surface area contributed by atoms with Crippen molar-refractivity contribution in [2.45, 2.75) is 18.5 Å². The van der Waals surface area contributed by atoms with Crippen molar-refractivity contribution in [3.05, 3.63) is 84.4 Å². The molecule has 0 bridgehead atoms. The molecule has 2 aliphatic rings. The van der Waals surface area contributed by atoms with Crippen molar-refractivity contribution >= 4 is 23.2 Å². The average molecular weight is 399 g/mol. The van der Waals surface area contributed by atoms with Gasteiger partial charge < -0.3 is 20.3 Å². The van der Waals surface area contributed by atoms with Crippen molar-refractivity contribution in [3.63, 3.8) is 0 Å². The van der Waals surface area contributed by atoms with Crippen molar-refractivity contribution in [1.29, 1.82) is 0 Å². The van der Waals surface area contributed by atoms with Gasteiger partial charge in [-0.15, -0.1) is 0 Å². The van der Waals surface area contributed by atoms with Crippen LogP contribution in [0.4, 0.5) is 11.4 Å². The molecule has 150 valence electrons. The van der Waals surface area contributed by atoms with E-state index in [1.807, 2.05) is 54.6 Å². The topological polar surface area (TPSA) is 70.7 Å². The van der Waals surface area contributed by atoms with Crippen LogP contribution in [0.1, 0.15) is 16.8 Å². The molecule has 1 fully saturated rings. The third-order valence-electron chi connectivity index (χ3n) is 5.51. The van der Waals surface area contributed by atoms with Gasteiger partial charge >= 0.3 is 0 Å². The van der Waals surface area contributed by atoms with E-state index in [0.29, 0.717) is 24.3 Å². The second-order valence-corrected chi connectivity index (χ2v) is 7.52. The summed E-state index contributed by atoms with van der Waals surface area (Å²) in [5, 5.41) is 6.03. The van der Waals surface area contributed by atoms with Gasteiger partial charge in [0.25, 0.3) is 5.91 Å². The Morgan fingerprint density at radius 1 is 0.933 bits per heavy atom. The van der Waals surface area contributed by atoms with Crippen LogP contribution in [0, 0.1) is 0 Å². The van der Waals surface area contributed by atoms with E-state index in [9.17, 15) is 9.59 Å². The van der Waals surface area contributed by atoms with Gasteiger partial charge in [0.05, 0.1) is 11.4 Å². The second-order valence-electron chi connectivity index (χ2n) is 7.52. The van der Waals surface area contributed by atoms with E-state index in [2.05, 4.69) is 15.5 Å². The van der Waals surface area contributed by atoms with Crippen molar-refractivity contribution < 1.29 is 14.3 Å². The number of fused-ring (bicyclic) bond motifs is 3. The molecule has 0 spiro atoms. The zero-order chi connectivity index (χ0) is 20.5. The Hall–Kier alpha value is -3.80. The van der Waals surface area contributed by atoms with E-state index >= 15 is 0 Å². The van der Waals surface area contributed by atoms with Gasteiger partial charge in [0, 0.05) is 18.2 Å². The minimum absolute atomic E-state index is 0.0205. The van der Waals surface area contributed by atoms with E-state index in [1.54, 1.807) is 24.3 Å². The Kier molecular flexibility index (Phi) is 4.59. The highest BCUT2D eigenvalue weighted by Crippen LogP contribution is 2.36. The van der Waals surface area contributed by atoms with Crippen LogP contribution in [0.25, 0.3) is 0 Å². The molecule has 1 saturated heterocycles. The van der Waals surface area contributed by atoms with Crippen LogP contribution in [0.3, 0.4) is 0 Å². The van der Waals surface area contributed by atoms with Crippen LogP contribution in [-0.2, 0) is 4.79 Å². The number of ether oxygens (including phenoxy) is 1. The summed E-state index contributed by atoms with van der Waals surface area (Å²) >= 11 is 0. The SMILES string of the molecule is O=C(NC1CC2C(=O)Nc3ccccc3N2C1)c1ccc(Oc2ccccc2)cc1. The van der Waals surface area contributed by atoms with Crippen LogP contribution in [-0.4, -0.2) is 30.4 Å². The maximum Gasteiger partial charge on any atom is 0.251 e. The Balaban J connectivity index is 1.25. The van der Waals surface area contributed by atoms with Crippen molar-refractivity contribution in [2.75, 3.05) is 16.8 Å². The molecule has 6 nitrogen and oxygen atoms in total. The highest BCUT2D eigenvalue weighted by atomic mass is 16.5. The quantitative estimate of drug-likeness (QED) is 0.700. The number of benzene rings is 3. The van der Waals surface area contributed by atoms with Gasteiger partial charge in [0.2, 0.25) is 5.91 Å². The maximum absolute atomic E-state index is 12.7. The number of hydrogen-bond acceptors (Lipinski definition) is 4. The molecule has 6 heteroatoms. The predicted molar refractivity (Wildman–Crippen MR) is 115 cm³/mol. The molecule has 3 aromatic rings. The minimum Gasteiger partial charge on any atom is -0.457 e. The Morgan fingerprint density at radius 3 is 2.43 bits per heavy atom. The second kappa shape index (κ2) is 7.55. The number of amides is 2. The van der Waals surface area contributed by atoms with Gasteiger partial charge in [0.15, 0.2) is 0 Å². The third-order valence-corrected chi connectivity index (χ3v) is 5.51. The number of carbonyl (C=O) groups excluding carboxylic acids is 2. The van der Waals surface area contributed by atoms with Crippen LogP contribution >= 0.6 is 0 Å². The molecule has 0 aromatic heterocycles. The van der Waals surface area contributed by atoms with Crippen molar-refractivity contribution in [1.82, 2.24) is 5.32 Å². The third kappa shape index (κ3) is 3.48. The Labute approximate surface area is 174 Å². The summed E-state index contributed by atoms with van der Waals surface area (Å²) in [4.78, 5) is 27.3. The summed E-state index contributed by atoms with van der Waals surface area (Å²) in [7, 11) is 0. The summed E-state index contributed by atoms with van der Waals surface area (Å²) in [6.45, 7) is 0.607. The highest BCUT2D eigenvalue weighted by Gasteiger charge is 2.41. The molecule has 2 unspecified atom stereocenters. The zero-order valence-corrected chi connectivity index (χ0v) is 16.2. The number of nitrogens with one attached hydrogen (secondary N) is 2. The maximum atomic E-state index is 12.7. The Morgan fingerprint density at radius 2 is 1.63 bits per heavy atom. The van der Waals surface area contributed by atoms with Gasteiger partial charge in [-0.05, 0) is 55.0 Å². The monoisotopic (exact) mass is 399 g/mol. The van der Waals surface area contributed by atoms with E-state index in [1.165, 1.54) is 0 Å². The van der Waals surface area contributed by atoms with Gasteiger partial charge in [-0.3, -0.25) is 9.59 Å². The normalized spacial score (nSPS) is 19.5. The zero-order valence-electron chi connectivity index (χ0n) is 16.2.